The molecule has 2 fully saturated rings. The van der Waals surface area contributed by atoms with Crippen molar-refractivity contribution >= 4 is 30.8 Å². The first-order chi connectivity index (χ1) is 11.4. The van der Waals surface area contributed by atoms with E-state index < -0.39 is 11.9 Å². The van der Waals surface area contributed by atoms with Crippen molar-refractivity contribution in [1.29, 1.82) is 0 Å². The molecular weight excluding hydrogens is 390 g/mol. The van der Waals surface area contributed by atoms with Crippen molar-refractivity contribution in [3.8, 4) is 0 Å². The molecule has 5 nitrogen and oxygen atoms in total. The number of anilines is 1. The van der Waals surface area contributed by atoms with Gasteiger partial charge in [0.2, 0.25) is 5.95 Å². The molecule has 0 aliphatic carbocycles. The lowest BCUT2D eigenvalue weighted by atomic mass is 9.99. The number of halogens is 5. The van der Waals surface area contributed by atoms with Gasteiger partial charge in [0.15, 0.2) is 0 Å². The molecule has 2 saturated heterocycles. The van der Waals surface area contributed by atoms with E-state index in [2.05, 4.69) is 20.2 Å². The number of rotatable bonds is 3. The third-order valence-corrected chi connectivity index (χ3v) is 4.70. The zero-order chi connectivity index (χ0) is 17.2. The van der Waals surface area contributed by atoms with Crippen LogP contribution in [0.3, 0.4) is 0 Å². The number of aromatic nitrogens is 2. The first kappa shape index (κ1) is 23.2. The van der Waals surface area contributed by atoms with Crippen molar-refractivity contribution in [3.05, 3.63) is 17.5 Å². The van der Waals surface area contributed by atoms with Crippen LogP contribution in [0.25, 0.3) is 0 Å². The molecule has 0 radical (unpaired) electrons. The maximum absolute atomic E-state index is 12.9. The van der Waals surface area contributed by atoms with E-state index in [0.717, 1.165) is 38.8 Å². The zero-order valence-corrected chi connectivity index (χ0v) is 16.4. The number of hydrogen-bond acceptors (Lipinski definition) is 5. The van der Waals surface area contributed by atoms with Gasteiger partial charge in [0.25, 0.3) is 0 Å². The summed E-state index contributed by atoms with van der Waals surface area (Å²) >= 11 is 0. The summed E-state index contributed by atoms with van der Waals surface area (Å²) in [5.74, 6) is 0.874. The molecule has 26 heavy (non-hydrogen) atoms. The molecule has 10 heteroatoms. The van der Waals surface area contributed by atoms with Crippen molar-refractivity contribution in [2.45, 2.75) is 25.9 Å². The SMILES string of the molecule is Cc1cc(C(F)(F)F)nc(N2CCN(CC3CCCNC3)CC2)n1.Cl.Cl. The Morgan fingerprint density at radius 2 is 1.85 bits per heavy atom. The lowest BCUT2D eigenvalue weighted by Crippen LogP contribution is -2.49. The second-order valence-corrected chi connectivity index (χ2v) is 6.69. The van der Waals surface area contributed by atoms with Crippen LogP contribution in [0.4, 0.5) is 19.1 Å². The molecule has 1 N–H and O–H groups in total. The van der Waals surface area contributed by atoms with Gasteiger partial charge < -0.3 is 10.2 Å². The lowest BCUT2D eigenvalue weighted by molar-refractivity contribution is -0.141. The Kier molecular flexibility index (Phi) is 8.85. The molecule has 1 aromatic heterocycles. The minimum absolute atomic E-state index is 0. The van der Waals surface area contributed by atoms with E-state index in [-0.39, 0.29) is 30.8 Å². The van der Waals surface area contributed by atoms with Crippen LogP contribution in [0.15, 0.2) is 6.07 Å². The normalized spacial score (nSPS) is 21.7. The van der Waals surface area contributed by atoms with Crippen molar-refractivity contribution in [2.75, 3.05) is 50.7 Å². The van der Waals surface area contributed by atoms with Crippen LogP contribution in [0.1, 0.15) is 24.2 Å². The minimum Gasteiger partial charge on any atom is -0.338 e. The molecule has 0 saturated carbocycles. The standard InChI is InChI=1S/C16H24F3N5.2ClH/c1-12-9-14(16(17,18)19)22-15(21-12)24-7-5-23(6-8-24)11-13-3-2-4-20-10-13;;/h9,13,20H,2-8,10-11H2,1H3;2*1H. The molecule has 0 amide bonds. The Bertz CT molecular complexity index is 559. The predicted molar refractivity (Wildman–Crippen MR) is 101 cm³/mol. The number of alkyl halides is 3. The number of aryl methyl sites for hydroxylation is 1. The Hall–Kier alpha value is -0.830. The van der Waals surface area contributed by atoms with E-state index in [1.54, 1.807) is 6.92 Å². The second kappa shape index (κ2) is 9.92. The van der Waals surface area contributed by atoms with Crippen LogP contribution in [0, 0.1) is 12.8 Å². The Balaban J connectivity index is 0.00000169. The number of piperidine rings is 1. The van der Waals surface area contributed by atoms with Crippen LogP contribution in [0.2, 0.25) is 0 Å². The third-order valence-electron chi connectivity index (χ3n) is 4.70. The van der Waals surface area contributed by atoms with E-state index in [0.29, 0.717) is 24.7 Å². The van der Waals surface area contributed by atoms with Gasteiger partial charge in [0.05, 0.1) is 0 Å². The Morgan fingerprint density at radius 3 is 2.42 bits per heavy atom. The highest BCUT2D eigenvalue weighted by atomic mass is 35.5. The van der Waals surface area contributed by atoms with Crippen molar-refractivity contribution in [2.24, 2.45) is 5.92 Å². The first-order valence-electron chi connectivity index (χ1n) is 8.53. The van der Waals surface area contributed by atoms with Crippen LogP contribution >= 0.6 is 24.8 Å². The summed E-state index contributed by atoms with van der Waals surface area (Å²) < 4.78 is 38.7. The smallest absolute Gasteiger partial charge is 0.338 e. The topological polar surface area (TPSA) is 44.3 Å². The number of piperazine rings is 1. The first-order valence-corrected chi connectivity index (χ1v) is 8.53. The molecular formula is C16H26Cl2F3N5. The number of hydrogen-bond donors (Lipinski definition) is 1. The molecule has 1 unspecified atom stereocenters. The number of nitrogens with one attached hydrogen (secondary N) is 1. The van der Waals surface area contributed by atoms with E-state index >= 15 is 0 Å². The highest BCUT2D eigenvalue weighted by molar-refractivity contribution is 5.85. The maximum Gasteiger partial charge on any atom is 0.433 e. The molecule has 2 aliphatic heterocycles. The van der Waals surface area contributed by atoms with Crippen LogP contribution in [-0.4, -0.2) is 60.7 Å². The Labute approximate surface area is 164 Å². The summed E-state index contributed by atoms with van der Waals surface area (Å²) in [7, 11) is 0. The summed E-state index contributed by atoms with van der Waals surface area (Å²) in [4.78, 5) is 12.2. The van der Waals surface area contributed by atoms with Gasteiger partial charge in [-0.05, 0) is 44.8 Å². The molecule has 0 spiro atoms. The van der Waals surface area contributed by atoms with Gasteiger partial charge in [-0.2, -0.15) is 13.2 Å². The van der Waals surface area contributed by atoms with E-state index in [9.17, 15) is 13.2 Å². The van der Waals surface area contributed by atoms with Crippen LogP contribution in [-0.2, 0) is 6.18 Å². The molecule has 3 rings (SSSR count). The van der Waals surface area contributed by atoms with Gasteiger partial charge in [-0.15, -0.1) is 24.8 Å². The average Bonchev–Trinajstić information content (AvgIpc) is 2.55. The highest BCUT2D eigenvalue weighted by Crippen LogP contribution is 2.29. The minimum atomic E-state index is -4.43. The van der Waals surface area contributed by atoms with E-state index in [1.165, 1.54) is 12.8 Å². The van der Waals surface area contributed by atoms with Gasteiger partial charge in [0.1, 0.15) is 5.69 Å². The second-order valence-electron chi connectivity index (χ2n) is 6.69. The summed E-state index contributed by atoms with van der Waals surface area (Å²) in [6, 6.07) is 0.996. The quantitative estimate of drug-likeness (QED) is 0.821. The summed E-state index contributed by atoms with van der Waals surface area (Å²) in [6.07, 6.45) is -1.95. The highest BCUT2D eigenvalue weighted by Gasteiger charge is 2.34. The van der Waals surface area contributed by atoms with E-state index in [1.807, 2.05) is 4.90 Å². The lowest BCUT2D eigenvalue weighted by Gasteiger charge is -2.37. The van der Waals surface area contributed by atoms with Gasteiger partial charge in [0, 0.05) is 38.4 Å². The summed E-state index contributed by atoms with van der Waals surface area (Å²) in [6.45, 7) is 7.83. The summed E-state index contributed by atoms with van der Waals surface area (Å²) in [5, 5.41) is 3.42. The zero-order valence-electron chi connectivity index (χ0n) is 14.8. The van der Waals surface area contributed by atoms with Crippen molar-refractivity contribution < 1.29 is 13.2 Å². The van der Waals surface area contributed by atoms with Crippen molar-refractivity contribution in [1.82, 2.24) is 20.2 Å². The number of nitrogens with zero attached hydrogens (tertiary/aromatic N) is 4. The maximum atomic E-state index is 12.9. The fraction of sp³-hybridized carbons (Fsp3) is 0.750. The van der Waals surface area contributed by atoms with Crippen LogP contribution in [0.5, 0.6) is 0 Å². The molecule has 3 heterocycles. The monoisotopic (exact) mass is 415 g/mol. The van der Waals surface area contributed by atoms with Crippen molar-refractivity contribution in [3.63, 3.8) is 0 Å². The molecule has 1 atom stereocenters. The molecule has 0 bridgehead atoms. The van der Waals surface area contributed by atoms with Crippen LogP contribution < -0.4 is 10.2 Å². The van der Waals surface area contributed by atoms with Gasteiger partial charge in [-0.1, -0.05) is 0 Å². The fourth-order valence-corrected chi connectivity index (χ4v) is 3.41. The Morgan fingerprint density at radius 1 is 1.15 bits per heavy atom. The van der Waals surface area contributed by atoms with E-state index in [4.69, 9.17) is 0 Å². The van der Waals surface area contributed by atoms with Gasteiger partial charge >= 0.3 is 6.18 Å². The largest absolute Gasteiger partial charge is 0.433 e. The molecule has 150 valence electrons. The fourth-order valence-electron chi connectivity index (χ4n) is 3.41. The summed E-state index contributed by atoms with van der Waals surface area (Å²) in [5.41, 5.74) is -0.510. The molecule has 1 aromatic rings. The molecule has 2 aliphatic rings. The third kappa shape index (κ3) is 6.11. The predicted octanol–water partition coefficient (Wildman–Crippen LogP) is 2.77. The van der Waals surface area contributed by atoms with Gasteiger partial charge in [-0.3, -0.25) is 4.90 Å². The average molecular weight is 416 g/mol. The molecule has 0 aromatic carbocycles. The van der Waals surface area contributed by atoms with Gasteiger partial charge in [-0.25, -0.2) is 9.97 Å².